The van der Waals surface area contributed by atoms with Gasteiger partial charge in [-0.05, 0) is 31.7 Å². The van der Waals surface area contributed by atoms with Gasteiger partial charge in [0.25, 0.3) is 0 Å². The molecule has 0 heterocycles. The van der Waals surface area contributed by atoms with Crippen molar-refractivity contribution in [2.24, 2.45) is 10.8 Å². The number of rotatable bonds is 4. The number of primary amides is 1. The molecule has 0 radical (unpaired) electrons. The number of nitrogens with two attached hydrogens (primary N) is 1. The quantitative estimate of drug-likeness (QED) is 0.609. The molecule has 0 spiro atoms. The first-order chi connectivity index (χ1) is 7.99. The number of carbonyl (C=O) groups is 1. The average molecular weight is 233 g/mol. The topological polar surface area (TPSA) is 67.5 Å². The lowest BCUT2D eigenvalue weighted by Gasteiger charge is -2.11. The van der Waals surface area contributed by atoms with E-state index in [0.29, 0.717) is 5.92 Å². The van der Waals surface area contributed by atoms with E-state index in [1.54, 1.807) is 0 Å². The molecule has 0 aliphatic rings. The molecule has 4 heteroatoms. The van der Waals surface area contributed by atoms with Crippen molar-refractivity contribution in [1.29, 1.82) is 0 Å². The number of hydrogen-bond acceptors (Lipinski definition) is 2. The fourth-order valence-electron chi connectivity index (χ4n) is 1.65. The van der Waals surface area contributed by atoms with Crippen molar-refractivity contribution in [2.75, 3.05) is 0 Å². The fourth-order valence-corrected chi connectivity index (χ4v) is 1.65. The molecule has 0 aliphatic heterocycles. The molecule has 0 bridgehead atoms. The van der Waals surface area contributed by atoms with Crippen LogP contribution in [0.4, 0.5) is 4.79 Å². The van der Waals surface area contributed by atoms with Crippen molar-refractivity contribution in [3.63, 3.8) is 0 Å². The molecule has 0 saturated heterocycles. The highest BCUT2D eigenvalue weighted by molar-refractivity contribution is 5.84. The lowest BCUT2D eigenvalue weighted by molar-refractivity contribution is 0.249. The van der Waals surface area contributed by atoms with Crippen LogP contribution in [0.3, 0.4) is 0 Å². The Kier molecular flexibility index (Phi) is 4.69. The van der Waals surface area contributed by atoms with E-state index in [2.05, 4.69) is 48.6 Å². The minimum Gasteiger partial charge on any atom is -0.350 e. The standard InChI is InChI=1S/C13H19N3O/c1-9-4-6-12(7-5-9)10(2)8-11(3)15-16-13(14)17/h4-7,10H,8H2,1-3H3,(H3,14,16,17)/b15-11-/t10-/m0/s1. The molecule has 0 fully saturated rings. The van der Waals surface area contributed by atoms with E-state index >= 15 is 0 Å². The number of aryl methyl sites for hydroxylation is 1. The van der Waals surface area contributed by atoms with Gasteiger partial charge in [0.2, 0.25) is 0 Å². The molecule has 1 aromatic carbocycles. The van der Waals surface area contributed by atoms with Crippen molar-refractivity contribution in [3.8, 4) is 0 Å². The van der Waals surface area contributed by atoms with Gasteiger partial charge in [0, 0.05) is 5.71 Å². The van der Waals surface area contributed by atoms with Crippen molar-refractivity contribution in [1.82, 2.24) is 5.43 Å². The first-order valence-electron chi connectivity index (χ1n) is 5.64. The van der Waals surface area contributed by atoms with Crippen LogP contribution in [0.15, 0.2) is 29.4 Å². The van der Waals surface area contributed by atoms with Crippen LogP contribution in [-0.2, 0) is 0 Å². The van der Waals surface area contributed by atoms with E-state index in [9.17, 15) is 4.79 Å². The third-order valence-electron chi connectivity index (χ3n) is 2.60. The van der Waals surface area contributed by atoms with E-state index in [4.69, 9.17) is 5.73 Å². The zero-order valence-corrected chi connectivity index (χ0v) is 10.5. The maximum absolute atomic E-state index is 10.5. The molecule has 0 saturated carbocycles. The van der Waals surface area contributed by atoms with E-state index in [1.165, 1.54) is 11.1 Å². The zero-order valence-electron chi connectivity index (χ0n) is 10.5. The predicted octanol–water partition coefficient (Wildman–Crippen LogP) is 2.53. The van der Waals surface area contributed by atoms with Gasteiger partial charge < -0.3 is 5.73 Å². The van der Waals surface area contributed by atoms with Crippen molar-refractivity contribution in [3.05, 3.63) is 35.4 Å². The number of hydrogen-bond donors (Lipinski definition) is 2. The highest BCUT2D eigenvalue weighted by Crippen LogP contribution is 2.19. The van der Waals surface area contributed by atoms with E-state index in [0.717, 1.165) is 12.1 Å². The minimum absolute atomic E-state index is 0.369. The van der Waals surface area contributed by atoms with Gasteiger partial charge in [-0.1, -0.05) is 36.8 Å². The molecule has 1 atom stereocenters. The maximum Gasteiger partial charge on any atom is 0.332 e. The maximum atomic E-state index is 10.5. The third-order valence-corrected chi connectivity index (χ3v) is 2.60. The molecule has 1 aromatic rings. The Morgan fingerprint density at radius 2 is 2.00 bits per heavy atom. The lowest BCUT2D eigenvalue weighted by atomic mass is 9.95. The number of amides is 2. The van der Waals surface area contributed by atoms with E-state index in [-0.39, 0.29) is 0 Å². The van der Waals surface area contributed by atoms with Gasteiger partial charge in [0.15, 0.2) is 0 Å². The van der Waals surface area contributed by atoms with Gasteiger partial charge in [0.05, 0.1) is 0 Å². The van der Waals surface area contributed by atoms with Gasteiger partial charge in [-0.15, -0.1) is 0 Å². The number of carbonyl (C=O) groups excluding carboxylic acids is 1. The molecule has 1 rings (SSSR count). The number of benzene rings is 1. The molecular formula is C13H19N3O. The van der Waals surface area contributed by atoms with Crippen LogP contribution >= 0.6 is 0 Å². The summed E-state index contributed by atoms with van der Waals surface area (Å²) in [5, 5.41) is 3.90. The Morgan fingerprint density at radius 3 is 2.53 bits per heavy atom. The number of hydrazone groups is 1. The summed E-state index contributed by atoms with van der Waals surface area (Å²) in [6, 6.07) is 7.80. The van der Waals surface area contributed by atoms with E-state index in [1.807, 2.05) is 6.92 Å². The molecule has 17 heavy (non-hydrogen) atoms. The second kappa shape index (κ2) is 6.03. The summed E-state index contributed by atoms with van der Waals surface area (Å²) in [5.74, 6) is 0.369. The minimum atomic E-state index is -0.632. The summed E-state index contributed by atoms with van der Waals surface area (Å²) >= 11 is 0. The average Bonchev–Trinajstić information content (AvgIpc) is 2.27. The van der Waals surface area contributed by atoms with Crippen LogP contribution in [0.5, 0.6) is 0 Å². The monoisotopic (exact) mass is 233 g/mol. The molecule has 4 nitrogen and oxygen atoms in total. The number of nitrogens with zero attached hydrogens (tertiary/aromatic N) is 1. The van der Waals surface area contributed by atoms with Crippen LogP contribution < -0.4 is 11.2 Å². The van der Waals surface area contributed by atoms with E-state index < -0.39 is 6.03 Å². The van der Waals surface area contributed by atoms with Crippen LogP contribution in [0, 0.1) is 6.92 Å². The van der Waals surface area contributed by atoms with Crippen molar-refractivity contribution >= 4 is 11.7 Å². The Morgan fingerprint density at radius 1 is 1.41 bits per heavy atom. The summed E-state index contributed by atoms with van der Waals surface area (Å²) in [6.07, 6.45) is 0.795. The normalized spacial score (nSPS) is 13.2. The van der Waals surface area contributed by atoms with Gasteiger partial charge in [-0.2, -0.15) is 5.10 Å². The lowest BCUT2D eigenvalue weighted by Crippen LogP contribution is -2.25. The largest absolute Gasteiger partial charge is 0.350 e. The SMILES string of the molecule is C/C(C[C@H](C)c1ccc(C)cc1)=N/NC(N)=O. The Balaban J connectivity index is 2.59. The van der Waals surface area contributed by atoms with Crippen LogP contribution in [0.1, 0.15) is 37.3 Å². The van der Waals surface area contributed by atoms with Crippen molar-refractivity contribution < 1.29 is 4.79 Å². The summed E-state index contributed by atoms with van der Waals surface area (Å²) in [7, 11) is 0. The molecule has 0 unspecified atom stereocenters. The number of nitrogens with one attached hydrogen (secondary N) is 1. The smallest absolute Gasteiger partial charge is 0.332 e. The Bertz CT molecular complexity index is 409. The molecule has 2 amide bonds. The van der Waals surface area contributed by atoms with Gasteiger partial charge >= 0.3 is 6.03 Å². The van der Waals surface area contributed by atoms with Crippen LogP contribution in [-0.4, -0.2) is 11.7 Å². The summed E-state index contributed by atoms with van der Waals surface area (Å²) in [5.41, 5.74) is 10.6. The first-order valence-corrected chi connectivity index (χ1v) is 5.64. The Hall–Kier alpha value is -1.84. The fraction of sp³-hybridized carbons (Fsp3) is 0.385. The second-order valence-corrected chi connectivity index (χ2v) is 4.34. The Labute approximate surface area is 102 Å². The zero-order chi connectivity index (χ0) is 12.8. The van der Waals surface area contributed by atoms with Gasteiger partial charge in [-0.25, -0.2) is 10.2 Å². The van der Waals surface area contributed by atoms with Crippen molar-refractivity contribution in [2.45, 2.75) is 33.1 Å². The molecule has 0 aromatic heterocycles. The van der Waals surface area contributed by atoms with Gasteiger partial charge in [-0.3, -0.25) is 0 Å². The molecule has 3 N–H and O–H groups in total. The van der Waals surface area contributed by atoms with Gasteiger partial charge in [0.1, 0.15) is 0 Å². The second-order valence-electron chi connectivity index (χ2n) is 4.34. The molecular weight excluding hydrogens is 214 g/mol. The highest BCUT2D eigenvalue weighted by Gasteiger charge is 2.07. The molecule has 92 valence electrons. The number of urea groups is 1. The van der Waals surface area contributed by atoms with Crippen LogP contribution in [0.25, 0.3) is 0 Å². The molecule has 0 aliphatic carbocycles. The van der Waals surface area contributed by atoms with Crippen LogP contribution in [0.2, 0.25) is 0 Å². The third kappa shape index (κ3) is 4.68. The summed E-state index contributed by atoms with van der Waals surface area (Å²) in [4.78, 5) is 10.5. The first kappa shape index (κ1) is 13.2. The predicted molar refractivity (Wildman–Crippen MR) is 70.0 cm³/mol. The summed E-state index contributed by atoms with van der Waals surface area (Å²) < 4.78 is 0. The summed E-state index contributed by atoms with van der Waals surface area (Å²) in [6.45, 7) is 6.08. The highest BCUT2D eigenvalue weighted by atomic mass is 16.2.